The maximum atomic E-state index is 5.86. The summed E-state index contributed by atoms with van der Waals surface area (Å²) in [4.78, 5) is 0. The van der Waals surface area contributed by atoms with Crippen LogP contribution in [0.25, 0.3) is 0 Å². The van der Waals surface area contributed by atoms with Crippen LogP contribution >= 0.6 is 0 Å². The van der Waals surface area contributed by atoms with E-state index in [2.05, 4.69) is 23.5 Å². The molecule has 1 aliphatic heterocycles. The largest absolute Gasteiger partial charge is 0.367 e. The molecule has 16 heavy (non-hydrogen) atoms. The molecule has 86 valence electrons. The highest BCUT2D eigenvalue weighted by Crippen LogP contribution is 2.42. The summed E-state index contributed by atoms with van der Waals surface area (Å²) in [6.07, 6.45) is 4.40. The van der Waals surface area contributed by atoms with Crippen LogP contribution in [0.3, 0.4) is 0 Å². The van der Waals surface area contributed by atoms with Crippen LogP contribution in [0.5, 0.6) is 0 Å². The van der Waals surface area contributed by atoms with Gasteiger partial charge in [0.15, 0.2) is 0 Å². The van der Waals surface area contributed by atoms with E-state index in [9.17, 15) is 0 Å². The molecule has 1 saturated carbocycles. The van der Waals surface area contributed by atoms with Crippen molar-refractivity contribution < 1.29 is 4.74 Å². The van der Waals surface area contributed by atoms with E-state index in [0.717, 1.165) is 19.1 Å². The third-order valence-electron chi connectivity index (χ3n) is 3.96. The summed E-state index contributed by atoms with van der Waals surface area (Å²) in [7, 11) is 1.98. The van der Waals surface area contributed by atoms with Crippen molar-refractivity contribution in [3.8, 4) is 0 Å². The van der Waals surface area contributed by atoms with Gasteiger partial charge >= 0.3 is 0 Å². The smallest absolute Gasteiger partial charge is 0.0957 e. The quantitative estimate of drug-likeness (QED) is 0.840. The first-order valence-corrected chi connectivity index (χ1v) is 6.28. The summed E-state index contributed by atoms with van der Waals surface area (Å²) in [6, 6.07) is 6.73. The molecule has 0 aromatic heterocycles. The number of ether oxygens (including phenoxy) is 1. The van der Waals surface area contributed by atoms with E-state index in [1.54, 1.807) is 5.56 Å². The van der Waals surface area contributed by atoms with Crippen molar-refractivity contribution in [3.63, 3.8) is 0 Å². The molecule has 0 radical (unpaired) electrons. The molecule has 2 aliphatic rings. The second-order valence-corrected chi connectivity index (χ2v) is 4.90. The second kappa shape index (κ2) is 4.19. The first-order valence-electron chi connectivity index (χ1n) is 6.28. The van der Waals surface area contributed by atoms with Crippen LogP contribution in [0.15, 0.2) is 18.2 Å². The SMILES string of the molecule is CNC[C@H]1OCc2c(C3CCC3)cccc21. The average molecular weight is 217 g/mol. The molecule has 1 aliphatic carbocycles. The van der Waals surface area contributed by atoms with E-state index >= 15 is 0 Å². The summed E-state index contributed by atoms with van der Waals surface area (Å²) < 4.78 is 5.86. The highest BCUT2D eigenvalue weighted by Gasteiger charge is 2.29. The average Bonchev–Trinajstić information content (AvgIpc) is 2.61. The summed E-state index contributed by atoms with van der Waals surface area (Å²) >= 11 is 0. The van der Waals surface area contributed by atoms with Gasteiger partial charge in [0.05, 0.1) is 12.7 Å². The number of hydrogen-bond donors (Lipinski definition) is 1. The van der Waals surface area contributed by atoms with E-state index in [1.807, 2.05) is 7.05 Å². The zero-order chi connectivity index (χ0) is 11.0. The standard InChI is InChI=1S/C14H19NO/c1-15-8-14-12-7-3-6-11(10-4-2-5-10)13(12)9-16-14/h3,6-7,10,14-15H,2,4-5,8-9H2,1H3/t14-/m1/s1. The lowest BCUT2D eigenvalue weighted by Crippen LogP contribution is -2.16. The molecule has 0 bridgehead atoms. The number of benzene rings is 1. The molecule has 1 aromatic carbocycles. The molecular weight excluding hydrogens is 198 g/mol. The fraction of sp³-hybridized carbons (Fsp3) is 0.571. The molecule has 0 spiro atoms. The van der Waals surface area contributed by atoms with Gasteiger partial charge in [-0.3, -0.25) is 0 Å². The molecule has 0 saturated heterocycles. The molecule has 3 rings (SSSR count). The van der Waals surface area contributed by atoms with Gasteiger partial charge in [0, 0.05) is 6.54 Å². The highest BCUT2D eigenvalue weighted by molar-refractivity contribution is 5.41. The Kier molecular flexibility index (Phi) is 2.70. The minimum absolute atomic E-state index is 0.264. The van der Waals surface area contributed by atoms with Gasteiger partial charge in [0.25, 0.3) is 0 Å². The molecule has 2 nitrogen and oxygen atoms in total. The first-order chi connectivity index (χ1) is 7.90. The van der Waals surface area contributed by atoms with Crippen molar-refractivity contribution in [2.45, 2.75) is 37.9 Å². The Morgan fingerprint density at radius 3 is 2.81 bits per heavy atom. The second-order valence-electron chi connectivity index (χ2n) is 4.90. The van der Waals surface area contributed by atoms with Gasteiger partial charge in [-0.1, -0.05) is 24.6 Å². The maximum Gasteiger partial charge on any atom is 0.0957 e. The molecule has 1 aromatic rings. The van der Waals surface area contributed by atoms with E-state index < -0.39 is 0 Å². The van der Waals surface area contributed by atoms with Crippen molar-refractivity contribution in [2.75, 3.05) is 13.6 Å². The Morgan fingerprint density at radius 2 is 2.12 bits per heavy atom. The third-order valence-corrected chi connectivity index (χ3v) is 3.96. The van der Waals surface area contributed by atoms with Gasteiger partial charge in [0.1, 0.15) is 0 Å². The van der Waals surface area contributed by atoms with Gasteiger partial charge in [0.2, 0.25) is 0 Å². The summed E-state index contributed by atoms with van der Waals surface area (Å²) in [5.41, 5.74) is 4.45. The van der Waals surface area contributed by atoms with Crippen LogP contribution in [0.4, 0.5) is 0 Å². The van der Waals surface area contributed by atoms with Crippen LogP contribution in [-0.4, -0.2) is 13.6 Å². The van der Waals surface area contributed by atoms with Gasteiger partial charge < -0.3 is 10.1 Å². The summed E-state index contributed by atoms with van der Waals surface area (Å²) in [5.74, 6) is 0.812. The van der Waals surface area contributed by atoms with Crippen molar-refractivity contribution in [1.29, 1.82) is 0 Å². The Balaban J connectivity index is 1.92. The van der Waals surface area contributed by atoms with E-state index in [-0.39, 0.29) is 6.10 Å². The molecule has 1 fully saturated rings. The lowest BCUT2D eigenvalue weighted by molar-refractivity contribution is 0.0671. The Bertz CT molecular complexity index is 384. The summed E-state index contributed by atoms with van der Waals surface area (Å²) in [6.45, 7) is 1.73. The van der Waals surface area contributed by atoms with Crippen molar-refractivity contribution in [1.82, 2.24) is 5.32 Å². The van der Waals surface area contributed by atoms with E-state index in [4.69, 9.17) is 4.74 Å². The Labute approximate surface area is 97.0 Å². The lowest BCUT2D eigenvalue weighted by atomic mass is 9.77. The van der Waals surface area contributed by atoms with Crippen molar-refractivity contribution in [2.24, 2.45) is 0 Å². The highest BCUT2D eigenvalue weighted by atomic mass is 16.5. The topological polar surface area (TPSA) is 21.3 Å². The third kappa shape index (κ3) is 1.57. The predicted octanol–water partition coefficient (Wildman–Crippen LogP) is 2.74. The van der Waals surface area contributed by atoms with Crippen LogP contribution in [0, 0.1) is 0 Å². The normalized spacial score (nSPS) is 24.2. The number of likely N-dealkylation sites (N-methyl/N-ethyl adjacent to an activating group) is 1. The van der Waals surface area contributed by atoms with Crippen LogP contribution in [0.1, 0.15) is 48.0 Å². The minimum atomic E-state index is 0.264. The fourth-order valence-corrected chi connectivity index (χ4v) is 2.82. The number of rotatable bonds is 3. The number of hydrogen-bond acceptors (Lipinski definition) is 2. The zero-order valence-corrected chi connectivity index (χ0v) is 9.83. The van der Waals surface area contributed by atoms with Crippen LogP contribution < -0.4 is 5.32 Å². The van der Waals surface area contributed by atoms with Gasteiger partial charge in [-0.15, -0.1) is 0 Å². The monoisotopic (exact) mass is 217 g/mol. The molecule has 0 unspecified atom stereocenters. The fourth-order valence-electron chi connectivity index (χ4n) is 2.82. The molecule has 1 heterocycles. The van der Waals surface area contributed by atoms with Crippen LogP contribution in [0.2, 0.25) is 0 Å². The zero-order valence-electron chi connectivity index (χ0n) is 9.83. The van der Waals surface area contributed by atoms with Gasteiger partial charge in [-0.25, -0.2) is 0 Å². The van der Waals surface area contributed by atoms with Gasteiger partial charge in [-0.05, 0) is 42.5 Å². The molecular formula is C14H19NO. The molecule has 1 atom stereocenters. The maximum absolute atomic E-state index is 5.86. The molecule has 2 heteroatoms. The van der Waals surface area contributed by atoms with E-state index in [0.29, 0.717) is 0 Å². The predicted molar refractivity (Wildman–Crippen MR) is 64.5 cm³/mol. The van der Waals surface area contributed by atoms with Gasteiger partial charge in [-0.2, -0.15) is 0 Å². The van der Waals surface area contributed by atoms with Crippen molar-refractivity contribution in [3.05, 3.63) is 34.9 Å². The van der Waals surface area contributed by atoms with E-state index in [1.165, 1.54) is 30.4 Å². The first kappa shape index (κ1) is 10.3. The number of nitrogens with one attached hydrogen (secondary N) is 1. The molecule has 1 N–H and O–H groups in total. The Hall–Kier alpha value is -0.860. The van der Waals surface area contributed by atoms with Crippen LogP contribution in [-0.2, 0) is 11.3 Å². The van der Waals surface area contributed by atoms with Crippen molar-refractivity contribution >= 4 is 0 Å². The minimum Gasteiger partial charge on any atom is -0.367 e. The Morgan fingerprint density at radius 1 is 1.31 bits per heavy atom. The number of fused-ring (bicyclic) bond motifs is 1. The summed E-state index contributed by atoms with van der Waals surface area (Å²) in [5, 5.41) is 3.20. The molecule has 0 amide bonds. The lowest BCUT2D eigenvalue weighted by Gasteiger charge is -2.27.